The van der Waals surface area contributed by atoms with Gasteiger partial charge in [0.1, 0.15) is 11.4 Å². The zero-order chi connectivity index (χ0) is 18.4. The number of benzene rings is 2. The minimum absolute atomic E-state index is 0.00997. The molecule has 1 unspecified atom stereocenters. The van der Waals surface area contributed by atoms with E-state index < -0.39 is 4.92 Å². The fourth-order valence-electron chi connectivity index (χ4n) is 2.86. The molecule has 8 nitrogen and oxygen atoms in total. The average molecular weight is 356 g/mol. The molecule has 8 heteroatoms. The van der Waals surface area contributed by atoms with Crippen molar-refractivity contribution in [3.05, 3.63) is 64.2 Å². The second kappa shape index (κ2) is 8.19. The van der Waals surface area contributed by atoms with Crippen molar-refractivity contribution in [1.29, 1.82) is 0 Å². The number of urea groups is 1. The van der Waals surface area contributed by atoms with Crippen molar-refractivity contribution in [1.82, 2.24) is 10.6 Å². The van der Waals surface area contributed by atoms with Crippen LogP contribution >= 0.6 is 0 Å². The molecule has 0 fully saturated rings. The van der Waals surface area contributed by atoms with E-state index >= 15 is 0 Å². The fraction of sp³-hybridized carbons (Fsp3) is 0.278. The molecule has 0 saturated heterocycles. The Kier molecular flexibility index (Phi) is 5.52. The molecule has 1 heterocycles. The summed E-state index contributed by atoms with van der Waals surface area (Å²) in [6.07, 6.45) is 0.707. The van der Waals surface area contributed by atoms with Gasteiger partial charge in [-0.1, -0.05) is 30.3 Å². The summed E-state index contributed by atoms with van der Waals surface area (Å²) in [5.41, 5.74) is 1.40. The number of carbonyl (C=O) groups is 1. The predicted molar refractivity (Wildman–Crippen MR) is 97.4 cm³/mol. The van der Waals surface area contributed by atoms with E-state index in [-0.39, 0.29) is 17.8 Å². The van der Waals surface area contributed by atoms with Gasteiger partial charge in [0.05, 0.1) is 17.6 Å². The van der Waals surface area contributed by atoms with Gasteiger partial charge in [-0.2, -0.15) is 0 Å². The summed E-state index contributed by atoms with van der Waals surface area (Å²) in [7, 11) is 0. The highest BCUT2D eigenvalue weighted by atomic mass is 16.6. The normalized spacial score (nSPS) is 15.3. The molecule has 136 valence electrons. The molecule has 1 aliphatic rings. The van der Waals surface area contributed by atoms with Gasteiger partial charge in [0.15, 0.2) is 0 Å². The topological polar surface area (TPSA) is 106 Å². The maximum absolute atomic E-state index is 12.1. The van der Waals surface area contributed by atoms with Crippen molar-refractivity contribution in [2.75, 3.05) is 25.0 Å². The number of fused-ring (bicyclic) bond motifs is 1. The molecular formula is C18H20N4O4. The summed E-state index contributed by atoms with van der Waals surface area (Å²) in [5.74, 6) is 0.794. The van der Waals surface area contributed by atoms with Gasteiger partial charge in [0, 0.05) is 31.1 Å². The van der Waals surface area contributed by atoms with Crippen LogP contribution in [0.2, 0.25) is 0 Å². The third-order valence-electron chi connectivity index (χ3n) is 4.09. The average Bonchev–Trinajstić information content (AvgIpc) is 2.66. The Morgan fingerprint density at radius 3 is 2.77 bits per heavy atom. The van der Waals surface area contributed by atoms with Crippen molar-refractivity contribution >= 4 is 17.4 Å². The number of hydrogen-bond acceptors (Lipinski definition) is 5. The van der Waals surface area contributed by atoms with Crippen LogP contribution in [0.3, 0.4) is 0 Å². The summed E-state index contributed by atoms with van der Waals surface area (Å²) in [4.78, 5) is 22.6. The Balaban J connectivity index is 1.47. The van der Waals surface area contributed by atoms with E-state index in [4.69, 9.17) is 4.74 Å². The highest BCUT2D eigenvalue weighted by Gasteiger charge is 2.22. The third kappa shape index (κ3) is 4.21. The Morgan fingerprint density at radius 2 is 1.92 bits per heavy atom. The van der Waals surface area contributed by atoms with Crippen LogP contribution in [0.4, 0.5) is 16.2 Å². The SMILES string of the molecule is O=C(NCCNc1ccccc1[N+](=O)[O-])NC1CCOc2ccccc21. The lowest BCUT2D eigenvalue weighted by Crippen LogP contribution is -2.41. The first-order valence-electron chi connectivity index (χ1n) is 8.38. The summed E-state index contributed by atoms with van der Waals surface area (Å²) >= 11 is 0. The quantitative estimate of drug-likeness (QED) is 0.419. The predicted octanol–water partition coefficient (Wildman–Crippen LogP) is 2.83. The van der Waals surface area contributed by atoms with Crippen molar-refractivity contribution in [3.63, 3.8) is 0 Å². The Labute approximate surface area is 150 Å². The van der Waals surface area contributed by atoms with Crippen LogP contribution in [0.15, 0.2) is 48.5 Å². The number of anilines is 1. The van der Waals surface area contributed by atoms with Gasteiger partial charge in [-0.25, -0.2) is 4.79 Å². The van der Waals surface area contributed by atoms with E-state index in [1.807, 2.05) is 24.3 Å². The van der Waals surface area contributed by atoms with Gasteiger partial charge in [0.25, 0.3) is 5.69 Å². The van der Waals surface area contributed by atoms with Gasteiger partial charge in [-0.15, -0.1) is 0 Å². The number of para-hydroxylation sites is 3. The number of nitro groups is 1. The minimum atomic E-state index is -0.439. The summed E-state index contributed by atoms with van der Waals surface area (Å²) in [5, 5.41) is 19.6. The fourth-order valence-corrected chi connectivity index (χ4v) is 2.86. The van der Waals surface area contributed by atoms with Crippen molar-refractivity contribution in [2.45, 2.75) is 12.5 Å². The summed E-state index contributed by atoms with van der Waals surface area (Å²) < 4.78 is 5.58. The molecule has 1 atom stereocenters. The lowest BCUT2D eigenvalue weighted by molar-refractivity contribution is -0.384. The highest BCUT2D eigenvalue weighted by Crippen LogP contribution is 2.31. The van der Waals surface area contributed by atoms with Gasteiger partial charge in [0.2, 0.25) is 0 Å². The highest BCUT2D eigenvalue weighted by molar-refractivity contribution is 5.74. The Bertz CT molecular complexity index is 796. The van der Waals surface area contributed by atoms with E-state index in [1.54, 1.807) is 18.2 Å². The molecule has 26 heavy (non-hydrogen) atoms. The van der Waals surface area contributed by atoms with Crippen molar-refractivity contribution in [2.24, 2.45) is 0 Å². The van der Waals surface area contributed by atoms with E-state index in [0.717, 1.165) is 11.3 Å². The first kappa shape index (κ1) is 17.5. The molecule has 3 N–H and O–H groups in total. The Morgan fingerprint density at radius 1 is 1.15 bits per heavy atom. The smallest absolute Gasteiger partial charge is 0.315 e. The number of nitrogens with zero attached hydrogens (tertiary/aromatic N) is 1. The van der Waals surface area contributed by atoms with Crippen molar-refractivity contribution < 1.29 is 14.5 Å². The minimum Gasteiger partial charge on any atom is -0.493 e. The maximum Gasteiger partial charge on any atom is 0.315 e. The number of amides is 2. The lowest BCUT2D eigenvalue weighted by atomic mass is 10.0. The number of rotatable bonds is 6. The molecule has 3 rings (SSSR count). The standard InChI is InChI=1S/C18H20N4O4/c23-18(21-14-9-12-26-17-8-4-1-5-13(14)17)20-11-10-19-15-6-2-3-7-16(15)22(24)25/h1-8,14,19H,9-12H2,(H2,20,21,23). The van der Waals surface area contributed by atoms with Gasteiger partial charge < -0.3 is 20.7 Å². The number of hydrogen-bond donors (Lipinski definition) is 3. The van der Waals surface area contributed by atoms with Gasteiger partial charge in [-0.3, -0.25) is 10.1 Å². The molecular weight excluding hydrogens is 336 g/mol. The number of nitrogens with one attached hydrogen (secondary N) is 3. The Hall–Kier alpha value is -3.29. The van der Waals surface area contributed by atoms with Crippen LogP contribution in [-0.4, -0.2) is 30.7 Å². The first-order valence-corrected chi connectivity index (χ1v) is 8.38. The second-order valence-corrected chi connectivity index (χ2v) is 5.83. The molecule has 0 aliphatic carbocycles. The zero-order valence-corrected chi connectivity index (χ0v) is 14.1. The largest absolute Gasteiger partial charge is 0.493 e. The van der Waals surface area contributed by atoms with Crippen LogP contribution in [0.25, 0.3) is 0 Å². The maximum atomic E-state index is 12.1. The molecule has 1 aliphatic heterocycles. The van der Waals surface area contributed by atoms with Crippen LogP contribution < -0.4 is 20.7 Å². The molecule has 2 amide bonds. The molecule has 0 radical (unpaired) electrons. The van der Waals surface area contributed by atoms with Crippen LogP contribution in [-0.2, 0) is 0 Å². The van der Waals surface area contributed by atoms with Crippen LogP contribution in [0.5, 0.6) is 5.75 Å². The summed E-state index contributed by atoms with van der Waals surface area (Å²) in [6.45, 7) is 1.27. The third-order valence-corrected chi connectivity index (χ3v) is 4.09. The summed E-state index contributed by atoms with van der Waals surface area (Å²) in [6, 6.07) is 13.7. The molecule has 2 aromatic carbocycles. The van der Waals surface area contributed by atoms with E-state index in [2.05, 4.69) is 16.0 Å². The molecule has 0 spiro atoms. The van der Waals surface area contributed by atoms with Crippen LogP contribution in [0.1, 0.15) is 18.0 Å². The molecule has 2 aromatic rings. The number of nitro benzene ring substituents is 1. The van der Waals surface area contributed by atoms with Gasteiger partial charge in [-0.05, 0) is 12.1 Å². The lowest BCUT2D eigenvalue weighted by Gasteiger charge is -2.26. The first-order chi connectivity index (χ1) is 12.6. The van der Waals surface area contributed by atoms with E-state index in [1.165, 1.54) is 6.07 Å². The number of ether oxygens (including phenoxy) is 1. The number of carbonyl (C=O) groups excluding carboxylic acids is 1. The van der Waals surface area contributed by atoms with Crippen LogP contribution in [0, 0.1) is 10.1 Å². The van der Waals surface area contributed by atoms with E-state index in [0.29, 0.717) is 31.8 Å². The monoisotopic (exact) mass is 356 g/mol. The van der Waals surface area contributed by atoms with Crippen molar-refractivity contribution in [3.8, 4) is 5.75 Å². The molecule has 0 bridgehead atoms. The van der Waals surface area contributed by atoms with Gasteiger partial charge >= 0.3 is 6.03 Å². The molecule has 0 aromatic heterocycles. The molecule has 0 saturated carbocycles. The zero-order valence-electron chi connectivity index (χ0n) is 14.1. The second-order valence-electron chi connectivity index (χ2n) is 5.83. The van der Waals surface area contributed by atoms with E-state index in [9.17, 15) is 14.9 Å².